The molecule has 0 unspecified atom stereocenters. The van der Waals surface area contributed by atoms with Crippen molar-refractivity contribution in [2.45, 2.75) is 6.92 Å². The summed E-state index contributed by atoms with van der Waals surface area (Å²) in [6.45, 7) is 1.92. The van der Waals surface area contributed by atoms with Gasteiger partial charge in [-0.05, 0) is 19.1 Å². The summed E-state index contributed by atoms with van der Waals surface area (Å²) in [4.78, 5) is 40.1. The van der Waals surface area contributed by atoms with Gasteiger partial charge in [0.05, 0.1) is 12.0 Å². The molecule has 0 saturated carbocycles. The fourth-order valence-corrected chi connectivity index (χ4v) is 2.70. The number of benzene rings is 1. The van der Waals surface area contributed by atoms with E-state index < -0.39 is 17.3 Å². The Kier molecular flexibility index (Phi) is 4.39. The number of para-hydroxylation sites is 1. The number of ether oxygens (including phenoxy) is 1. The number of carbonyl (C=O) groups excluding carboxylic acids is 2. The monoisotopic (exact) mass is 344 g/mol. The minimum absolute atomic E-state index is 0.0997. The molecule has 1 amide bonds. The maximum absolute atomic E-state index is 12.3. The number of thiazole rings is 1. The zero-order valence-electron chi connectivity index (χ0n) is 12.6. The summed E-state index contributed by atoms with van der Waals surface area (Å²) in [6.07, 6.45) is 1.11. The number of nitrogens with one attached hydrogen (secondary N) is 1. The number of anilines is 1. The smallest absolute Gasteiger partial charge is 0.357 e. The first-order chi connectivity index (χ1) is 11.6. The maximum atomic E-state index is 12.3. The molecule has 1 N–H and O–H groups in total. The second-order valence-corrected chi connectivity index (χ2v) is 5.55. The van der Waals surface area contributed by atoms with Gasteiger partial charge in [0.25, 0.3) is 5.91 Å². The van der Waals surface area contributed by atoms with Gasteiger partial charge in [-0.2, -0.15) is 0 Å². The van der Waals surface area contributed by atoms with Gasteiger partial charge in [0, 0.05) is 5.38 Å². The highest BCUT2D eigenvalue weighted by Crippen LogP contribution is 2.17. The molecule has 0 fully saturated rings. The van der Waals surface area contributed by atoms with Gasteiger partial charge in [0.15, 0.2) is 10.8 Å². The summed E-state index contributed by atoms with van der Waals surface area (Å²) in [7, 11) is 0. The zero-order chi connectivity index (χ0) is 17.1. The zero-order valence-corrected chi connectivity index (χ0v) is 13.4. The molecule has 24 heavy (non-hydrogen) atoms. The molecule has 122 valence electrons. The van der Waals surface area contributed by atoms with Crippen LogP contribution >= 0.6 is 11.3 Å². The molecule has 2 aromatic heterocycles. The van der Waals surface area contributed by atoms with E-state index >= 15 is 0 Å². The van der Waals surface area contributed by atoms with Crippen LogP contribution in [-0.2, 0) is 4.74 Å². The Hall–Kier alpha value is -3.00. The van der Waals surface area contributed by atoms with Crippen molar-refractivity contribution in [1.82, 2.24) is 4.98 Å². The van der Waals surface area contributed by atoms with Crippen LogP contribution < -0.4 is 10.7 Å². The molecule has 0 aliphatic rings. The lowest BCUT2D eigenvalue weighted by molar-refractivity contribution is 0.0520. The predicted octanol–water partition coefficient (Wildman–Crippen LogP) is 2.68. The largest absolute Gasteiger partial charge is 0.463 e. The van der Waals surface area contributed by atoms with Crippen molar-refractivity contribution in [1.29, 1.82) is 0 Å². The summed E-state index contributed by atoms with van der Waals surface area (Å²) < 4.78 is 10.1. The Morgan fingerprint density at radius 1 is 1.33 bits per heavy atom. The highest BCUT2D eigenvalue weighted by molar-refractivity contribution is 7.14. The van der Waals surface area contributed by atoms with Crippen LogP contribution in [0.1, 0.15) is 27.8 Å². The third-order valence-corrected chi connectivity index (χ3v) is 3.89. The number of aromatic nitrogens is 1. The number of rotatable bonds is 4. The minimum Gasteiger partial charge on any atom is -0.463 e. The van der Waals surface area contributed by atoms with Crippen LogP contribution in [0, 0.1) is 0 Å². The first-order valence-corrected chi connectivity index (χ1v) is 7.92. The highest BCUT2D eigenvalue weighted by atomic mass is 32.1. The summed E-state index contributed by atoms with van der Waals surface area (Å²) in [5.74, 6) is -1.22. The molecule has 2 heterocycles. The molecular weight excluding hydrogens is 332 g/mol. The first kappa shape index (κ1) is 15.9. The molecule has 1 aromatic carbocycles. The fourth-order valence-electron chi connectivity index (χ4n) is 2.03. The van der Waals surface area contributed by atoms with Crippen LogP contribution in [-0.4, -0.2) is 23.5 Å². The van der Waals surface area contributed by atoms with Crippen LogP contribution in [0.25, 0.3) is 11.0 Å². The van der Waals surface area contributed by atoms with E-state index in [1.807, 2.05) is 0 Å². The van der Waals surface area contributed by atoms with Crippen LogP contribution in [0.4, 0.5) is 5.13 Å². The van der Waals surface area contributed by atoms with Crippen LogP contribution in [0.2, 0.25) is 0 Å². The number of amides is 1. The van der Waals surface area contributed by atoms with Gasteiger partial charge in [-0.15, -0.1) is 11.3 Å². The lowest BCUT2D eigenvalue weighted by Crippen LogP contribution is -2.21. The third kappa shape index (κ3) is 3.04. The normalized spacial score (nSPS) is 10.5. The van der Waals surface area contributed by atoms with Gasteiger partial charge in [-0.3, -0.25) is 14.9 Å². The second-order valence-electron chi connectivity index (χ2n) is 4.69. The Bertz CT molecular complexity index is 976. The molecule has 8 heteroatoms. The number of fused-ring (bicyclic) bond motifs is 1. The molecular formula is C16H12N2O5S. The van der Waals surface area contributed by atoms with Crippen molar-refractivity contribution >= 4 is 39.3 Å². The molecule has 0 radical (unpaired) electrons. The number of esters is 1. The van der Waals surface area contributed by atoms with Gasteiger partial charge in [-0.25, -0.2) is 9.78 Å². The predicted molar refractivity (Wildman–Crippen MR) is 88.5 cm³/mol. The summed E-state index contributed by atoms with van der Waals surface area (Å²) in [5, 5.41) is 4.46. The van der Waals surface area contributed by atoms with E-state index in [9.17, 15) is 14.4 Å². The van der Waals surface area contributed by atoms with E-state index in [1.54, 1.807) is 31.2 Å². The van der Waals surface area contributed by atoms with Crippen molar-refractivity contribution < 1.29 is 18.7 Å². The van der Waals surface area contributed by atoms with Crippen LogP contribution in [0.5, 0.6) is 0 Å². The Morgan fingerprint density at radius 2 is 2.12 bits per heavy atom. The van der Waals surface area contributed by atoms with Crippen LogP contribution in [0.3, 0.4) is 0 Å². The van der Waals surface area contributed by atoms with E-state index in [4.69, 9.17) is 9.15 Å². The third-order valence-electron chi connectivity index (χ3n) is 3.13. The lowest BCUT2D eigenvalue weighted by atomic mass is 10.1. The van der Waals surface area contributed by atoms with E-state index in [0.29, 0.717) is 11.0 Å². The van der Waals surface area contributed by atoms with Crippen molar-refractivity contribution in [3.63, 3.8) is 0 Å². The number of carbonyl (C=O) groups is 2. The number of hydrogen-bond acceptors (Lipinski definition) is 7. The van der Waals surface area contributed by atoms with Crippen molar-refractivity contribution in [3.8, 4) is 0 Å². The molecule has 0 bridgehead atoms. The Morgan fingerprint density at radius 3 is 2.92 bits per heavy atom. The van der Waals surface area contributed by atoms with Gasteiger partial charge >= 0.3 is 5.97 Å². The van der Waals surface area contributed by atoms with Crippen molar-refractivity contribution in [2.75, 3.05) is 11.9 Å². The van der Waals surface area contributed by atoms with E-state index in [0.717, 1.165) is 17.6 Å². The average molecular weight is 344 g/mol. The Balaban J connectivity index is 1.84. The molecule has 0 atom stereocenters. The van der Waals surface area contributed by atoms with Crippen molar-refractivity contribution in [3.05, 3.63) is 57.4 Å². The summed E-state index contributed by atoms with van der Waals surface area (Å²) >= 11 is 1.06. The second kappa shape index (κ2) is 6.63. The standard InChI is InChI=1S/C16H12N2O5S/c1-2-22-15(21)11-8-24-16(17-11)18-14(20)10-7-23-12-6-4-3-5-9(12)13(10)19/h3-8H,2H2,1H3,(H,17,18,20). The number of hydrogen-bond donors (Lipinski definition) is 1. The molecule has 0 aliphatic carbocycles. The van der Waals surface area contributed by atoms with Gasteiger partial charge < -0.3 is 9.15 Å². The molecule has 0 saturated heterocycles. The van der Waals surface area contributed by atoms with Crippen LogP contribution in [0.15, 0.2) is 45.1 Å². The van der Waals surface area contributed by atoms with E-state index in [2.05, 4.69) is 10.3 Å². The summed E-state index contributed by atoms with van der Waals surface area (Å²) in [6, 6.07) is 6.65. The quantitative estimate of drug-likeness (QED) is 0.731. The first-order valence-electron chi connectivity index (χ1n) is 7.04. The van der Waals surface area contributed by atoms with E-state index in [1.165, 1.54) is 5.38 Å². The summed E-state index contributed by atoms with van der Waals surface area (Å²) in [5.41, 5.74) is -0.0706. The van der Waals surface area contributed by atoms with Crippen molar-refractivity contribution in [2.24, 2.45) is 0 Å². The molecule has 3 aromatic rings. The minimum atomic E-state index is -0.653. The maximum Gasteiger partial charge on any atom is 0.357 e. The molecule has 0 aliphatic heterocycles. The van der Waals surface area contributed by atoms with Gasteiger partial charge in [-0.1, -0.05) is 12.1 Å². The topological polar surface area (TPSA) is 98.5 Å². The van der Waals surface area contributed by atoms with E-state index in [-0.39, 0.29) is 23.0 Å². The highest BCUT2D eigenvalue weighted by Gasteiger charge is 2.17. The fraction of sp³-hybridized carbons (Fsp3) is 0.125. The lowest BCUT2D eigenvalue weighted by Gasteiger charge is -2.02. The van der Waals surface area contributed by atoms with Gasteiger partial charge in [0.1, 0.15) is 17.4 Å². The van der Waals surface area contributed by atoms with Gasteiger partial charge in [0.2, 0.25) is 5.43 Å². The molecule has 7 nitrogen and oxygen atoms in total. The average Bonchev–Trinajstić information content (AvgIpc) is 3.04. The Labute approximate surface area is 139 Å². The molecule has 0 spiro atoms. The SMILES string of the molecule is CCOC(=O)c1csc(NC(=O)c2coc3ccccc3c2=O)n1. The number of nitrogens with zero attached hydrogens (tertiary/aromatic N) is 1. The molecule has 3 rings (SSSR count).